The molecule has 0 saturated heterocycles. The van der Waals surface area contributed by atoms with Gasteiger partial charge in [-0.2, -0.15) is 0 Å². The lowest BCUT2D eigenvalue weighted by atomic mass is 10.1. The summed E-state index contributed by atoms with van der Waals surface area (Å²) in [6, 6.07) is 10.2. The van der Waals surface area contributed by atoms with E-state index in [1.165, 1.54) is 12.1 Å². The van der Waals surface area contributed by atoms with Gasteiger partial charge >= 0.3 is 0 Å². The number of carbonyl (C=O) groups is 1. The molecule has 0 aliphatic heterocycles. The van der Waals surface area contributed by atoms with Gasteiger partial charge in [-0.1, -0.05) is 35.3 Å². The number of rotatable bonds is 7. The van der Waals surface area contributed by atoms with Crippen LogP contribution >= 0.6 is 34.5 Å². The van der Waals surface area contributed by atoms with Crippen molar-refractivity contribution in [1.29, 1.82) is 0 Å². The van der Waals surface area contributed by atoms with Crippen LogP contribution in [-0.2, 0) is 21.2 Å². The molecule has 0 bridgehead atoms. The second-order valence-corrected chi connectivity index (χ2v) is 8.75. The minimum absolute atomic E-state index is 0.0801. The maximum absolute atomic E-state index is 11.9. The molecule has 0 aliphatic carbocycles. The van der Waals surface area contributed by atoms with Crippen LogP contribution in [0.5, 0.6) is 0 Å². The van der Waals surface area contributed by atoms with E-state index in [-0.39, 0.29) is 10.8 Å². The number of hydrogen-bond acceptors (Lipinski definition) is 4. The fraction of sp³-hybridized carbons (Fsp3) is 0.214. The number of sulfonamides is 1. The third-order valence-electron chi connectivity index (χ3n) is 2.89. The van der Waals surface area contributed by atoms with Crippen LogP contribution in [0, 0.1) is 0 Å². The number of thiophene rings is 1. The molecule has 0 unspecified atom stereocenters. The summed E-state index contributed by atoms with van der Waals surface area (Å²) < 4.78 is 26.5. The average Bonchev–Trinajstić information content (AvgIpc) is 2.95. The number of nitrogens with one attached hydrogen (secondary N) is 2. The first-order valence-corrected chi connectivity index (χ1v) is 9.68. The molecule has 2 aromatic rings. The van der Waals surface area contributed by atoms with Gasteiger partial charge in [-0.05, 0) is 36.2 Å². The third-order valence-corrected chi connectivity index (χ3v) is 6.26. The zero-order valence-corrected chi connectivity index (χ0v) is 15.0. The maximum Gasteiger partial charge on any atom is 0.250 e. The van der Waals surface area contributed by atoms with Crippen LogP contribution in [0.3, 0.4) is 0 Å². The number of amides is 1. The highest BCUT2D eigenvalue weighted by Gasteiger charge is 2.17. The lowest BCUT2D eigenvalue weighted by Gasteiger charge is -2.07. The molecule has 2 rings (SSSR count). The van der Waals surface area contributed by atoms with E-state index in [9.17, 15) is 13.2 Å². The standard InChI is InChI=1S/C14H14Cl2N2O3S2/c15-11-3-1-10(2-4-11)7-8-17-13(19)9-18-23(20,21)14-6-5-12(16)22-14/h1-6,18H,7-9H2,(H,17,19). The van der Waals surface area contributed by atoms with Crippen LogP contribution in [-0.4, -0.2) is 27.4 Å². The molecule has 0 aliphatic rings. The molecule has 0 radical (unpaired) electrons. The Morgan fingerprint density at radius 3 is 2.39 bits per heavy atom. The second-order valence-electron chi connectivity index (χ2n) is 4.61. The van der Waals surface area contributed by atoms with Gasteiger partial charge in [-0.25, -0.2) is 13.1 Å². The highest BCUT2D eigenvalue weighted by molar-refractivity contribution is 7.91. The molecule has 0 fully saturated rings. The summed E-state index contributed by atoms with van der Waals surface area (Å²) in [6.07, 6.45) is 0.635. The molecule has 1 amide bonds. The van der Waals surface area contributed by atoms with Crippen molar-refractivity contribution in [3.05, 3.63) is 51.3 Å². The van der Waals surface area contributed by atoms with E-state index in [0.29, 0.717) is 22.3 Å². The van der Waals surface area contributed by atoms with Crippen molar-refractivity contribution < 1.29 is 13.2 Å². The smallest absolute Gasteiger partial charge is 0.250 e. The summed E-state index contributed by atoms with van der Waals surface area (Å²) in [5, 5.41) is 3.31. The molecular formula is C14H14Cl2N2O3S2. The molecule has 0 atom stereocenters. The highest BCUT2D eigenvalue weighted by atomic mass is 35.5. The number of carbonyl (C=O) groups excluding carboxylic acids is 1. The van der Waals surface area contributed by atoms with E-state index >= 15 is 0 Å². The molecule has 9 heteroatoms. The highest BCUT2D eigenvalue weighted by Crippen LogP contribution is 2.25. The molecule has 1 heterocycles. The molecule has 0 spiro atoms. The molecule has 124 valence electrons. The SMILES string of the molecule is O=C(CNS(=O)(=O)c1ccc(Cl)s1)NCCc1ccc(Cl)cc1. The predicted molar refractivity (Wildman–Crippen MR) is 92.7 cm³/mol. The normalized spacial score (nSPS) is 11.4. The van der Waals surface area contributed by atoms with Crippen LogP contribution in [0.2, 0.25) is 9.36 Å². The van der Waals surface area contributed by atoms with E-state index in [1.807, 2.05) is 12.1 Å². The number of benzene rings is 1. The van der Waals surface area contributed by atoms with Crippen molar-refractivity contribution in [3.63, 3.8) is 0 Å². The Bertz CT molecular complexity index is 774. The van der Waals surface area contributed by atoms with Gasteiger partial charge in [0.2, 0.25) is 5.91 Å². The predicted octanol–water partition coefficient (Wildman–Crippen LogP) is 2.69. The number of hydrogen-bond donors (Lipinski definition) is 2. The van der Waals surface area contributed by atoms with E-state index in [2.05, 4.69) is 10.0 Å². The van der Waals surface area contributed by atoms with Crippen LogP contribution in [0.15, 0.2) is 40.6 Å². The first-order valence-electron chi connectivity index (χ1n) is 6.63. The fourth-order valence-corrected chi connectivity index (χ4v) is 4.37. The Morgan fingerprint density at radius 2 is 1.78 bits per heavy atom. The Kier molecular flexibility index (Phi) is 6.43. The van der Waals surface area contributed by atoms with E-state index in [1.54, 1.807) is 12.1 Å². The summed E-state index contributed by atoms with van der Waals surface area (Å²) >= 11 is 12.4. The van der Waals surface area contributed by atoms with Gasteiger partial charge in [0.15, 0.2) is 0 Å². The zero-order valence-electron chi connectivity index (χ0n) is 11.9. The number of halogens is 2. The quantitative estimate of drug-likeness (QED) is 0.760. The van der Waals surface area contributed by atoms with Crippen LogP contribution < -0.4 is 10.0 Å². The van der Waals surface area contributed by atoms with Crippen molar-refractivity contribution in [3.8, 4) is 0 Å². The van der Waals surface area contributed by atoms with Gasteiger partial charge in [0.25, 0.3) is 10.0 Å². The Labute approximate surface area is 148 Å². The summed E-state index contributed by atoms with van der Waals surface area (Å²) in [6.45, 7) is 0.0888. The summed E-state index contributed by atoms with van der Waals surface area (Å²) in [7, 11) is -3.71. The van der Waals surface area contributed by atoms with Crippen LogP contribution in [0.1, 0.15) is 5.56 Å². The van der Waals surface area contributed by atoms with Crippen molar-refractivity contribution in [2.45, 2.75) is 10.6 Å². The van der Waals surface area contributed by atoms with Crippen molar-refractivity contribution >= 4 is 50.5 Å². The maximum atomic E-state index is 11.9. The first-order chi connectivity index (χ1) is 10.9. The fourth-order valence-electron chi connectivity index (χ4n) is 1.73. The van der Waals surface area contributed by atoms with Gasteiger partial charge in [0.1, 0.15) is 4.21 Å². The summed E-state index contributed by atoms with van der Waals surface area (Å²) in [5.41, 5.74) is 1.03. The molecule has 5 nitrogen and oxygen atoms in total. The Hall–Kier alpha value is -1.12. The monoisotopic (exact) mass is 392 g/mol. The van der Waals surface area contributed by atoms with E-state index < -0.39 is 15.9 Å². The largest absolute Gasteiger partial charge is 0.355 e. The minimum Gasteiger partial charge on any atom is -0.355 e. The van der Waals surface area contributed by atoms with E-state index in [0.717, 1.165) is 16.9 Å². The van der Waals surface area contributed by atoms with Gasteiger partial charge in [0.05, 0.1) is 10.9 Å². The molecule has 1 aromatic heterocycles. The van der Waals surface area contributed by atoms with Crippen molar-refractivity contribution in [1.82, 2.24) is 10.0 Å². The van der Waals surface area contributed by atoms with Gasteiger partial charge < -0.3 is 5.32 Å². The molecule has 23 heavy (non-hydrogen) atoms. The topological polar surface area (TPSA) is 75.3 Å². The van der Waals surface area contributed by atoms with Crippen molar-refractivity contribution in [2.75, 3.05) is 13.1 Å². The van der Waals surface area contributed by atoms with Crippen LogP contribution in [0.25, 0.3) is 0 Å². The minimum atomic E-state index is -3.71. The third kappa shape index (κ3) is 5.78. The van der Waals surface area contributed by atoms with Crippen LogP contribution in [0.4, 0.5) is 0 Å². The van der Waals surface area contributed by atoms with Gasteiger partial charge in [0, 0.05) is 11.6 Å². The van der Waals surface area contributed by atoms with Gasteiger partial charge in [-0.15, -0.1) is 11.3 Å². The lowest BCUT2D eigenvalue weighted by molar-refractivity contribution is -0.119. The molecule has 2 N–H and O–H groups in total. The summed E-state index contributed by atoms with van der Waals surface area (Å²) in [5.74, 6) is -0.398. The molecule has 0 saturated carbocycles. The van der Waals surface area contributed by atoms with Crippen molar-refractivity contribution in [2.24, 2.45) is 0 Å². The first kappa shape index (κ1) is 18.2. The molecular weight excluding hydrogens is 379 g/mol. The molecule has 1 aromatic carbocycles. The average molecular weight is 393 g/mol. The van der Waals surface area contributed by atoms with Gasteiger partial charge in [-0.3, -0.25) is 4.79 Å². The zero-order chi connectivity index (χ0) is 16.9. The summed E-state index contributed by atoms with van der Waals surface area (Å²) in [4.78, 5) is 11.7. The lowest BCUT2D eigenvalue weighted by Crippen LogP contribution is -2.37. The Balaban J connectivity index is 1.75. The van der Waals surface area contributed by atoms with E-state index in [4.69, 9.17) is 23.2 Å². The second kappa shape index (κ2) is 8.12. The Morgan fingerprint density at radius 1 is 1.09 bits per heavy atom.